The maximum atomic E-state index is 13.7. The molecule has 0 amide bonds. The highest BCUT2D eigenvalue weighted by Crippen LogP contribution is 2.29. The van der Waals surface area contributed by atoms with E-state index >= 15 is 0 Å². The highest BCUT2D eigenvalue weighted by molar-refractivity contribution is 5.90. The van der Waals surface area contributed by atoms with Crippen LogP contribution in [-0.2, 0) is 11.3 Å². The summed E-state index contributed by atoms with van der Waals surface area (Å²) >= 11 is 0. The third-order valence-corrected chi connectivity index (χ3v) is 3.84. The molecule has 7 nitrogen and oxygen atoms in total. The van der Waals surface area contributed by atoms with E-state index in [1.54, 1.807) is 19.1 Å². The summed E-state index contributed by atoms with van der Waals surface area (Å²) in [5.41, 5.74) is 0.935. The van der Waals surface area contributed by atoms with Crippen molar-refractivity contribution < 1.29 is 36.7 Å². The molecule has 0 unspecified atom stereocenters. The molecule has 29 heavy (non-hydrogen) atoms. The molecule has 0 aliphatic rings. The summed E-state index contributed by atoms with van der Waals surface area (Å²) in [6.07, 6.45) is 0. The second-order valence-electron chi connectivity index (χ2n) is 5.80. The number of benzene rings is 2. The zero-order valence-corrected chi connectivity index (χ0v) is 15.3. The van der Waals surface area contributed by atoms with E-state index in [0.29, 0.717) is 11.1 Å². The van der Waals surface area contributed by atoms with Crippen LogP contribution in [0.15, 0.2) is 40.9 Å². The molecule has 0 bridgehead atoms. The van der Waals surface area contributed by atoms with E-state index in [9.17, 15) is 18.0 Å². The number of carbonyl (C=O) groups excluding carboxylic acids is 1. The molecule has 1 aromatic heterocycles. The SMILES string of the molecule is COc1cc(C(=O)OCc2nc(-c3ccc(C)c(F)c3)no2)ccc1OC(F)F. The van der Waals surface area contributed by atoms with Gasteiger partial charge in [-0.25, -0.2) is 9.18 Å². The van der Waals surface area contributed by atoms with Crippen molar-refractivity contribution >= 4 is 5.97 Å². The van der Waals surface area contributed by atoms with Crippen molar-refractivity contribution in [2.24, 2.45) is 0 Å². The van der Waals surface area contributed by atoms with Crippen LogP contribution in [0.25, 0.3) is 11.4 Å². The van der Waals surface area contributed by atoms with Gasteiger partial charge in [0.1, 0.15) is 5.82 Å². The average molecular weight is 408 g/mol. The van der Waals surface area contributed by atoms with Crippen molar-refractivity contribution in [1.29, 1.82) is 0 Å². The van der Waals surface area contributed by atoms with Gasteiger partial charge in [0.25, 0.3) is 5.89 Å². The van der Waals surface area contributed by atoms with Gasteiger partial charge in [-0.05, 0) is 36.8 Å². The number of esters is 1. The number of aryl methyl sites for hydroxylation is 1. The van der Waals surface area contributed by atoms with Crippen molar-refractivity contribution in [2.75, 3.05) is 7.11 Å². The molecule has 0 aliphatic carbocycles. The zero-order valence-electron chi connectivity index (χ0n) is 15.3. The standard InChI is InChI=1S/C19H15F3N2O5/c1-10-3-4-11(7-13(10)20)17-23-16(29-24-17)9-27-18(25)12-5-6-14(28-19(21)22)15(8-12)26-2/h3-8,19H,9H2,1-2H3. The van der Waals surface area contributed by atoms with Crippen LogP contribution in [0.1, 0.15) is 21.8 Å². The van der Waals surface area contributed by atoms with Gasteiger partial charge in [-0.15, -0.1) is 0 Å². The number of aromatic nitrogens is 2. The summed E-state index contributed by atoms with van der Waals surface area (Å²) in [4.78, 5) is 16.2. The van der Waals surface area contributed by atoms with Crippen LogP contribution in [0.3, 0.4) is 0 Å². The first-order chi connectivity index (χ1) is 13.9. The van der Waals surface area contributed by atoms with Crippen molar-refractivity contribution in [3.05, 3.63) is 59.2 Å². The van der Waals surface area contributed by atoms with Crippen molar-refractivity contribution in [2.45, 2.75) is 20.1 Å². The van der Waals surface area contributed by atoms with E-state index in [4.69, 9.17) is 14.0 Å². The Labute approximate surface area is 163 Å². The Kier molecular flexibility index (Phi) is 6.01. The molecular formula is C19H15F3N2O5. The summed E-state index contributed by atoms with van der Waals surface area (Å²) in [7, 11) is 1.25. The topological polar surface area (TPSA) is 83.7 Å². The summed E-state index contributed by atoms with van der Waals surface area (Å²) in [5, 5.41) is 3.72. The predicted octanol–water partition coefficient (Wildman–Crippen LogP) is 4.15. The number of alkyl halides is 2. The van der Waals surface area contributed by atoms with Gasteiger partial charge in [-0.3, -0.25) is 0 Å². The molecule has 0 fully saturated rings. The molecule has 2 aromatic carbocycles. The first kappa shape index (κ1) is 20.2. The Hall–Kier alpha value is -3.56. The lowest BCUT2D eigenvalue weighted by atomic mass is 10.1. The lowest BCUT2D eigenvalue weighted by molar-refractivity contribution is -0.0512. The summed E-state index contributed by atoms with van der Waals surface area (Å²) in [5.74, 6) is -1.31. The first-order valence-corrected chi connectivity index (χ1v) is 8.26. The molecule has 0 N–H and O–H groups in total. The number of ether oxygens (including phenoxy) is 3. The number of methoxy groups -OCH3 is 1. The highest BCUT2D eigenvalue weighted by atomic mass is 19.3. The van der Waals surface area contributed by atoms with Crippen LogP contribution < -0.4 is 9.47 Å². The summed E-state index contributed by atoms with van der Waals surface area (Å²) in [6, 6.07) is 8.10. The average Bonchev–Trinajstić information content (AvgIpc) is 3.17. The number of hydrogen-bond donors (Lipinski definition) is 0. The van der Waals surface area contributed by atoms with Gasteiger partial charge in [-0.2, -0.15) is 13.8 Å². The number of carbonyl (C=O) groups is 1. The molecule has 0 saturated heterocycles. The highest BCUT2D eigenvalue weighted by Gasteiger charge is 2.17. The van der Waals surface area contributed by atoms with Gasteiger partial charge in [0, 0.05) is 5.56 Å². The second-order valence-corrected chi connectivity index (χ2v) is 5.80. The molecule has 152 valence electrons. The van der Waals surface area contributed by atoms with Crippen molar-refractivity contribution in [3.63, 3.8) is 0 Å². The van der Waals surface area contributed by atoms with Crippen LogP contribution in [0.5, 0.6) is 11.5 Å². The number of rotatable bonds is 7. The normalized spacial score (nSPS) is 10.8. The van der Waals surface area contributed by atoms with Crippen LogP contribution in [0.2, 0.25) is 0 Å². The van der Waals surface area contributed by atoms with Crippen LogP contribution in [-0.4, -0.2) is 29.8 Å². The van der Waals surface area contributed by atoms with Gasteiger partial charge < -0.3 is 18.7 Å². The predicted molar refractivity (Wildman–Crippen MR) is 93.2 cm³/mol. The van der Waals surface area contributed by atoms with E-state index in [0.717, 1.165) is 0 Å². The molecule has 0 saturated carbocycles. The maximum absolute atomic E-state index is 13.7. The molecule has 0 radical (unpaired) electrons. The molecule has 1 heterocycles. The summed E-state index contributed by atoms with van der Waals surface area (Å²) < 4.78 is 57.7. The van der Waals surface area contributed by atoms with Crippen molar-refractivity contribution in [3.8, 4) is 22.9 Å². The van der Waals surface area contributed by atoms with Gasteiger partial charge in [0.05, 0.1) is 12.7 Å². The zero-order chi connectivity index (χ0) is 21.0. The molecule has 3 aromatic rings. The number of nitrogens with zero attached hydrogens (tertiary/aromatic N) is 2. The molecule has 0 spiro atoms. The van der Waals surface area contributed by atoms with Gasteiger partial charge in [0.15, 0.2) is 18.1 Å². The number of hydrogen-bond acceptors (Lipinski definition) is 7. The van der Waals surface area contributed by atoms with Crippen LogP contribution in [0.4, 0.5) is 13.2 Å². The molecular weight excluding hydrogens is 393 g/mol. The smallest absolute Gasteiger partial charge is 0.387 e. The van der Waals surface area contributed by atoms with E-state index in [-0.39, 0.29) is 35.4 Å². The molecule has 0 atom stereocenters. The molecule has 0 aliphatic heterocycles. The molecule has 10 heteroatoms. The maximum Gasteiger partial charge on any atom is 0.387 e. The third kappa shape index (κ3) is 4.84. The van der Waals surface area contributed by atoms with E-state index in [2.05, 4.69) is 14.9 Å². The Morgan fingerprint density at radius 3 is 2.66 bits per heavy atom. The Balaban J connectivity index is 1.66. The summed E-state index contributed by atoms with van der Waals surface area (Å²) in [6.45, 7) is -1.74. The Bertz CT molecular complexity index is 1020. The lowest BCUT2D eigenvalue weighted by Crippen LogP contribution is -2.07. The first-order valence-electron chi connectivity index (χ1n) is 8.26. The fourth-order valence-corrected chi connectivity index (χ4v) is 2.36. The molecule has 3 rings (SSSR count). The van der Waals surface area contributed by atoms with Crippen LogP contribution in [0, 0.1) is 12.7 Å². The largest absolute Gasteiger partial charge is 0.493 e. The minimum absolute atomic E-state index is 0.000970. The van der Waals surface area contributed by atoms with E-state index < -0.39 is 18.4 Å². The minimum atomic E-state index is -3.03. The van der Waals surface area contributed by atoms with E-state index in [1.807, 2.05) is 0 Å². The Morgan fingerprint density at radius 2 is 1.97 bits per heavy atom. The Morgan fingerprint density at radius 1 is 1.17 bits per heavy atom. The van der Waals surface area contributed by atoms with Crippen molar-refractivity contribution in [1.82, 2.24) is 10.1 Å². The van der Waals surface area contributed by atoms with Gasteiger partial charge in [0.2, 0.25) is 5.82 Å². The minimum Gasteiger partial charge on any atom is -0.493 e. The fraction of sp³-hybridized carbons (Fsp3) is 0.211. The van der Waals surface area contributed by atoms with Gasteiger partial charge in [-0.1, -0.05) is 17.3 Å². The quantitative estimate of drug-likeness (QED) is 0.543. The third-order valence-electron chi connectivity index (χ3n) is 3.84. The van der Waals surface area contributed by atoms with Crippen LogP contribution >= 0.6 is 0 Å². The van der Waals surface area contributed by atoms with E-state index in [1.165, 1.54) is 31.4 Å². The number of halogens is 3. The fourth-order valence-electron chi connectivity index (χ4n) is 2.36. The second kappa shape index (κ2) is 8.63. The monoisotopic (exact) mass is 408 g/mol. The lowest BCUT2D eigenvalue weighted by Gasteiger charge is -2.10. The van der Waals surface area contributed by atoms with Gasteiger partial charge >= 0.3 is 12.6 Å².